The molecule has 0 unspecified atom stereocenters. The molecule has 60 heavy (non-hydrogen) atoms. The quantitative estimate of drug-likeness (QED) is 0.176. The Bertz CT molecular complexity index is 3930. The van der Waals surface area contributed by atoms with Crippen LogP contribution in [-0.4, -0.2) is 18.3 Å². The number of rotatable bonds is 4. The number of para-hydroxylation sites is 5. The van der Waals surface area contributed by atoms with Crippen molar-refractivity contribution in [2.45, 2.75) is 0 Å². The van der Waals surface area contributed by atoms with E-state index in [9.17, 15) is 5.26 Å². The number of hydrogen-bond acceptors (Lipinski definition) is 1. The fourth-order valence-corrected chi connectivity index (χ4v) is 10.1. The minimum atomic E-state index is 0.641. The van der Waals surface area contributed by atoms with Gasteiger partial charge in [0, 0.05) is 65.8 Å². The van der Waals surface area contributed by atoms with Crippen LogP contribution >= 0.6 is 0 Å². The Kier molecular flexibility index (Phi) is 6.73. The molecular formula is C55H33N5. The average molecular weight is 764 g/mol. The highest BCUT2D eigenvalue weighted by Crippen LogP contribution is 2.45. The maximum absolute atomic E-state index is 10.1. The summed E-state index contributed by atoms with van der Waals surface area (Å²) in [5.74, 6) is 0. The summed E-state index contributed by atoms with van der Waals surface area (Å²) in [5.41, 5.74) is 14.2. The molecule has 0 aliphatic heterocycles. The molecule has 0 aliphatic rings. The van der Waals surface area contributed by atoms with E-state index >= 15 is 0 Å². The molecular weight excluding hydrogens is 731 g/mol. The first-order valence-corrected chi connectivity index (χ1v) is 20.3. The first-order valence-electron chi connectivity index (χ1n) is 20.3. The molecule has 0 bridgehead atoms. The fraction of sp³-hybridized carbons (Fsp3) is 0. The van der Waals surface area contributed by atoms with Gasteiger partial charge >= 0.3 is 0 Å². The third-order valence-electron chi connectivity index (χ3n) is 12.5. The van der Waals surface area contributed by atoms with Gasteiger partial charge in [-0.2, -0.15) is 5.26 Å². The molecule has 9 aromatic carbocycles. The average Bonchev–Trinajstić information content (AvgIpc) is 4.04. The predicted molar refractivity (Wildman–Crippen MR) is 249 cm³/mol. The number of fused-ring (bicyclic) bond motifs is 14. The van der Waals surface area contributed by atoms with Crippen LogP contribution < -0.4 is 0 Å². The molecule has 4 heterocycles. The molecule has 0 aliphatic carbocycles. The standard InChI is InChI=1S/C55H33N5/c56-34-35-24-28-49-45(32-35)53-51(58(49)37-16-6-2-7-17-37)31-27-42-44-33-39(25-29-48(44)59(55(42)53)38-18-8-3-9-19-38)60-46-22-12-10-20-40(46)41-26-30-50-52(54(41)60)43-21-11-13-23-47(43)57(50)36-14-4-1-5-15-36/h1-33H. The largest absolute Gasteiger partial charge is 0.309 e. The highest BCUT2D eigenvalue weighted by molar-refractivity contribution is 6.28. The minimum Gasteiger partial charge on any atom is -0.309 e. The normalized spacial score (nSPS) is 12.0. The molecule has 0 amide bonds. The Labute approximate surface area is 344 Å². The van der Waals surface area contributed by atoms with Gasteiger partial charge in [0.1, 0.15) is 0 Å². The Morgan fingerprint density at radius 2 is 0.717 bits per heavy atom. The molecule has 0 radical (unpaired) electrons. The lowest BCUT2D eigenvalue weighted by Crippen LogP contribution is -1.96. The zero-order valence-electron chi connectivity index (χ0n) is 32.3. The molecule has 0 saturated heterocycles. The van der Waals surface area contributed by atoms with Crippen molar-refractivity contribution in [3.05, 3.63) is 206 Å². The summed E-state index contributed by atoms with van der Waals surface area (Å²) in [6.07, 6.45) is 0. The van der Waals surface area contributed by atoms with E-state index in [-0.39, 0.29) is 0 Å². The van der Waals surface area contributed by atoms with E-state index in [1.54, 1.807) is 0 Å². The molecule has 0 N–H and O–H groups in total. The van der Waals surface area contributed by atoms with Crippen molar-refractivity contribution in [3.63, 3.8) is 0 Å². The molecule has 0 fully saturated rings. The van der Waals surface area contributed by atoms with Crippen LogP contribution in [0.25, 0.3) is 110 Å². The van der Waals surface area contributed by atoms with Crippen LogP contribution in [0, 0.1) is 11.3 Å². The number of benzene rings is 9. The van der Waals surface area contributed by atoms with E-state index < -0.39 is 0 Å². The van der Waals surface area contributed by atoms with Gasteiger partial charge in [-0.05, 0) is 97.1 Å². The monoisotopic (exact) mass is 763 g/mol. The van der Waals surface area contributed by atoms with Gasteiger partial charge in [-0.25, -0.2) is 0 Å². The summed E-state index contributed by atoms with van der Waals surface area (Å²) in [6, 6.07) is 74.1. The van der Waals surface area contributed by atoms with Crippen LogP contribution in [0.2, 0.25) is 0 Å². The topological polar surface area (TPSA) is 43.5 Å². The number of nitriles is 1. The van der Waals surface area contributed by atoms with Crippen molar-refractivity contribution in [2.75, 3.05) is 0 Å². The van der Waals surface area contributed by atoms with Crippen molar-refractivity contribution in [1.82, 2.24) is 18.3 Å². The zero-order chi connectivity index (χ0) is 39.5. The molecule has 13 rings (SSSR count). The lowest BCUT2D eigenvalue weighted by Gasteiger charge is -2.12. The van der Waals surface area contributed by atoms with Crippen LogP contribution in [0.3, 0.4) is 0 Å². The molecule has 13 aromatic rings. The van der Waals surface area contributed by atoms with Crippen LogP contribution in [-0.2, 0) is 0 Å². The predicted octanol–water partition coefficient (Wildman–Crippen LogP) is 13.9. The van der Waals surface area contributed by atoms with Crippen molar-refractivity contribution in [2.24, 2.45) is 0 Å². The van der Waals surface area contributed by atoms with E-state index in [0.717, 1.165) is 66.4 Å². The lowest BCUT2D eigenvalue weighted by atomic mass is 10.1. The molecule has 4 aromatic heterocycles. The van der Waals surface area contributed by atoms with Gasteiger partial charge in [0.15, 0.2) is 0 Å². The Morgan fingerprint density at radius 1 is 0.283 bits per heavy atom. The number of hydrogen-bond donors (Lipinski definition) is 0. The fourth-order valence-electron chi connectivity index (χ4n) is 10.1. The van der Waals surface area contributed by atoms with Crippen LogP contribution in [0.4, 0.5) is 0 Å². The zero-order valence-corrected chi connectivity index (χ0v) is 32.3. The Balaban J connectivity index is 1.18. The van der Waals surface area contributed by atoms with E-state index in [4.69, 9.17) is 0 Å². The molecule has 0 saturated carbocycles. The first kappa shape index (κ1) is 32.7. The van der Waals surface area contributed by atoms with Crippen LogP contribution in [0.1, 0.15) is 5.56 Å². The van der Waals surface area contributed by atoms with Crippen molar-refractivity contribution >= 4 is 87.2 Å². The Morgan fingerprint density at radius 3 is 1.33 bits per heavy atom. The minimum absolute atomic E-state index is 0.641. The van der Waals surface area contributed by atoms with Crippen LogP contribution in [0.5, 0.6) is 0 Å². The summed E-state index contributed by atoms with van der Waals surface area (Å²) >= 11 is 0. The summed E-state index contributed by atoms with van der Waals surface area (Å²) in [5, 5.41) is 19.5. The SMILES string of the molecule is N#Cc1ccc2c(c1)c1c(ccc3c4cc(-n5c6ccccc6c6ccc7c(c8ccccc8n7-c7ccccc7)c65)ccc4n(-c4ccccc4)c31)n2-c1ccccc1. The summed E-state index contributed by atoms with van der Waals surface area (Å²) in [4.78, 5) is 0. The molecule has 5 heteroatoms. The van der Waals surface area contributed by atoms with Gasteiger partial charge in [-0.1, -0.05) is 103 Å². The molecule has 0 atom stereocenters. The maximum Gasteiger partial charge on any atom is 0.0991 e. The van der Waals surface area contributed by atoms with Crippen LogP contribution in [0.15, 0.2) is 200 Å². The van der Waals surface area contributed by atoms with Gasteiger partial charge in [-0.3, -0.25) is 0 Å². The highest BCUT2D eigenvalue weighted by atomic mass is 15.0. The van der Waals surface area contributed by atoms with Crippen molar-refractivity contribution in [1.29, 1.82) is 5.26 Å². The maximum atomic E-state index is 10.1. The highest BCUT2D eigenvalue weighted by Gasteiger charge is 2.24. The third kappa shape index (κ3) is 4.39. The first-order chi connectivity index (χ1) is 29.8. The van der Waals surface area contributed by atoms with Gasteiger partial charge < -0.3 is 18.3 Å². The Hall–Kier alpha value is -8.33. The second kappa shape index (κ2) is 12.3. The summed E-state index contributed by atoms with van der Waals surface area (Å²) in [7, 11) is 0. The van der Waals surface area contributed by atoms with Gasteiger partial charge in [-0.15, -0.1) is 0 Å². The number of nitrogens with zero attached hydrogens (tertiary/aromatic N) is 5. The second-order valence-corrected chi connectivity index (χ2v) is 15.6. The smallest absolute Gasteiger partial charge is 0.0991 e. The summed E-state index contributed by atoms with van der Waals surface area (Å²) in [6.45, 7) is 0. The van der Waals surface area contributed by atoms with E-state index in [1.807, 2.05) is 6.07 Å². The second-order valence-electron chi connectivity index (χ2n) is 15.6. The van der Waals surface area contributed by atoms with E-state index in [2.05, 4.69) is 218 Å². The number of aromatic nitrogens is 4. The molecule has 278 valence electrons. The van der Waals surface area contributed by atoms with E-state index in [1.165, 1.54) is 43.6 Å². The van der Waals surface area contributed by atoms with Gasteiger partial charge in [0.2, 0.25) is 0 Å². The third-order valence-corrected chi connectivity index (χ3v) is 12.5. The summed E-state index contributed by atoms with van der Waals surface area (Å²) < 4.78 is 9.64. The van der Waals surface area contributed by atoms with Gasteiger partial charge in [0.25, 0.3) is 0 Å². The van der Waals surface area contributed by atoms with E-state index in [0.29, 0.717) is 5.56 Å². The van der Waals surface area contributed by atoms with Gasteiger partial charge in [0.05, 0.1) is 55.8 Å². The van der Waals surface area contributed by atoms with Crippen molar-refractivity contribution in [3.8, 4) is 28.8 Å². The van der Waals surface area contributed by atoms with Crippen molar-refractivity contribution < 1.29 is 0 Å². The lowest BCUT2D eigenvalue weighted by molar-refractivity contribution is 1.17. The molecule has 5 nitrogen and oxygen atoms in total. The molecule has 0 spiro atoms.